The van der Waals surface area contributed by atoms with Gasteiger partial charge < -0.3 is 14.2 Å². The number of nitrogens with zero attached hydrogens (tertiary/aromatic N) is 2. The second kappa shape index (κ2) is 7.77. The van der Waals surface area contributed by atoms with Gasteiger partial charge in [0.1, 0.15) is 0 Å². The molecule has 1 aromatic carbocycles. The van der Waals surface area contributed by atoms with Gasteiger partial charge in [0.25, 0.3) is 5.56 Å². The Morgan fingerprint density at radius 2 is 2.00 bits per heavy atom. The van der Waals surface area contributed by atoms with E-state index in [1.54, 1.807) is 17.7 Å². The minimum Gasteiger partial charge on any atom is -0.380 e. The molecule has 0 aliphatic carbocycles. The van der Waals surface area contributed by atoms with Gasteiger partial charge in [0.15, 0.2) is 0 Å². The summed E-state index contributed by atoms with van der Waals surface area (Å²) in [6.07, 6.45) is 1.85. The number of rotatable bonds is 6. The Hall–Kier alpha value is -1.62. The van der Waals surface area contributed by atoms with Gasteiger partial charge in [0.05, 0.1) is 12.6 Å². The number of benzene rings is 1. The van der Waals surface area contributed by atoms with Gasteiger partial charge in [-0.2, -0.15) is 0 Å². The predicted molar refractivity (Wildman–Crippen MR) is 94.3 cm³/mol. The van der Waals surface area contributed by atoms with Gasteiger partial charge in [0, 0.05) is 30.9 Å². The fraction of sp³-hybridized carbons (Fsp3) is 0.389. The fourth-order valence-electron chi connectivity index (χ4n) is 2.66. The maximum absolute atomic E-state index is 12.4. The first kappa shape index (κ1) is 17.7. The van der Waals surface area contributed by atoms with E-state index in [2.05, 4.69) is 11.0 Å². The Labute approximate surface area is 142 Å². The second-order valence-corrected chi connectivity index (χ2v) is 6.49. The van der Waals surface area contributed by atoms with E-state index in [4.69, 9.17) is 16.3 Å². The molecule has 5 heteroatoms. The second-order valence-electron chi connectivity index (χ2n) is 6.05. The van der Waals surface area contributed by atoms with Crippen molar-refractivity contribution in [1.82, 2.24) is 9.47 Å². The number of hydrogen-bond donors (Lipinski definition) is 0. The first-order chi connectivity index (χ1) is 10.9. The Balaban J connectivity index is 2.52. The zero-order chi connectivity index (χ0) is 17.0. The minimum atomic E-state index is -0.104. The van der Waals surface area contributed by atoms with E-state index in [-0.39, 0.29) is 11.6 Å². The zero-order valence-electron chi connectivity index (χ0n) is 14.0. The largest absolute Gasteiger partial charge is 0.380 e. The lowest BCUT2D eigenvalue weighted by atomic mass is 10.0. The maximum atomic E-state index is 12.4. The molecule has 1 unspecified atom stereocenters. The third-order valence-electron chi connectivity index (χ3n) is 3.65. The Kier molecular flexibility index (Phi) is 5.99. The average molecular weight is 335 g/mol. The van der Waals surface area contributed by atoms with Crippen molar-refractivity contribution >= 4 is 11.6 Å². The Morgan fingerprint density at radius 3 is 2.61 bits per heavy atom. The van der Waals surface area contributed by atoms with E-state index >= 15 is 0 Å². The summed E-state index contributed by atoms with van der Waals surface area (Å²) in [5.41, 5.74) is 2.95. The molecule has 1 aromatic heterocycles. The number of aryl methyl sites for hydroxylation is 1. The van der Waals surface area contributed by atoms with Crippen LogP contribution in [-0.4, -0.2) is 37.2 Å². The number of likely N-dealkylation sites (N-methyl/N-ethyl adjacent to an activating group) is 1. The van der Waals surface area contributed by atoms with E-state index in [1.165, 1.54) is 0 Å². The van der Waals surface area contributed by atoms with E-state index < -0.39 is 0 Å². The molecule has 23 heavy (non-hydrogen) atoms. The molecule has 0 aliphatic rings. The number of methoxy groups -OCH3 is 1. The Bertz CT molecular complexity index is 725. The van der Waals surface area contributed by atoms with Crippen LogP contribution in [0.3, 0.4) is 0 Å². The van der Waals surface area contributed by atoms with E-state index in [0.29, 0.717) is 18.2 Å². The molecule has 0 fully saturated rings. The van der Waals surface area contributed by atoms with Crippen LogP contribution in [0.5, 0.6) is 0 Å². The molecule has 0 saturated carbocycles. The molecular formula is C18H23ClN2O2. The maximum Gasteiger partial charge on any atom is 0.251 e. The molecule has 0 bridgehead atoms. The number of halogens is 1. The normalized spacial score (nSPS) is 12.6. The molecule has 4 nitrogen and oxygen atoms in total. The van der Waals surface area contributed by atoms with Crippen molar-refractivity contribution in [3.63, 3.8) is 0 Å². The van der Waals surface area contributed by atoms with Gasteiger partial charge in [0.2, 0.25) is 0 Å². The van der Waals surface area contributed by atoms with Crippen molar-refractivity contribution in [2.45, 2.75) is 19.6 Å². The smallest absolute Gasteiger partial charge is 0.251 e. The fourth-order valence-corrected chi connectivity index (χ4v) is 2.93. The van der Waals surface area contributed by atoms with Gasteiger partial charge in [-0.1, -0.05) is 17.7 Å². The average Bonchev–Trinajstić information content (AvgIpc) is 2.45. The third kappa shape index (κ3) is 4.67. The number of pyridine rings is 1. The number of ether oxygens (including phenoxy) is 1. The standard InChI is InChI=1S/C18H23ClN2O2/c1-13-5-6-21(18(22)7-13)17(11-20(2)3)15-8-14(12-23-4)9-16(19)10-15/h5-10,17H,11-12H2,1-4H3. The first-order valence-corrected chi connectivity index (χ1v) is 7.90. The van der Waals surface area contributed by atoms with Crippen LogP contribution in [0.1, 0.15) is 22.7 Å². The van der Waals surface area contributed by atoms with Crippen molar-refractivity contribution in [3.8, 4) is 0 Å². The van der Waals surface area contributed by atoms with Crippen LogP contribution in [0.2, 0.25) is 5.02 Å². The van der Waals surface area contributed by atoms with Gasteiger partial charge in [-0.25, -0.2) is 0 Å². The van der Waals surface area contributed by atoms with Crippen molar-refractivity contribution in [3.05, 3.63) is 68.6 Å². The molecule has 0 saturated heterocycles. The van der Waals surface area contributed by atoms with Crippen molar-refractivity contribution in [2.24, 2.45) is 0 Å². The highest BCUT2D eigenvalue weighted by atomic mass is 35.5. The summed E-state index contributed by atoms with van der Waals surface area (Å²) in [7, 11) is 5.64. The lowest BCUT2D eigenvalue weighted by molar-refractivity contribution is 0.184. The molecule has 2 aromatic rings. The van der Waals surface area contributed by atoms with Crippen LogP contribution >= 0.6 is 11.6 Å². The lowest BCUT2D eigenvalue weighted by Gasteiger charge is -2.24. The lowest BCUT2D eigenvalue weighted by Crippen LogP contribution is -2.32. The summed E-state index contributed by atoms with van der Waals surface area (Å²) >= 11 is 6.26. The quantitative estimate of drug-likeness (QED) is 0.814. The summed E-state index contributed by atoms with van der Waals surface area (Å²) < 4.78 is 6.97. The summed E-state index contributed by atoms with van der Waals surface area (Å²) in [5, 5.41) is 0.651. The molecule has 124 valence electrons. The molecule has 0 spiro atoms. The SMILES string of the molecule is COCc1cc(Cl)cc(C(CN(C)C)n2ccc(C)cc2=O)c1. The monoisotopic (exact) mass is 334 g/mol. The van der Waals surface area contributed by atoms with Crippen LogP contribution in [0, 0.1) is 6.92 Å². The molecule has 1 atom stereocenters. The van der Waals surface area contributed by atoms with E-state index in [0.717, 1.165) is 16.7 Å². The highest BCUT2D eigenvalue weighted by Crippen LogP contribution is 2.24. The summed E-state index contributed by atoms with van der Waals surface area (Å²) in [4.78, 5) is 14.5. The highest BCUT2D eigenvalue weighted by molar-refractivity contribution is 6.30. The highest BCUT2D eigenvalue weighted by Gasteiger charge is 2.17. The first-order valence-electron chi connectivity index (χ1n) is 7.52. The molecule has 0 N–H and O–H groups in total. The summed E-state index contributed by atoms with van der Waals surface area (Å²) in [6, 6.07) is 9.36. The van der Waals surface area contributed by atoms with Crippen LogP contribution in [-0.2, 0) is 11.3 Å². The molecule has 0 radical (unpaired) electrons. The minimum absolute atomic E-state index is 0.00915. The third-order valence-corrected chi connectivity index (χ3v) is 3.87. The van der Waals surface area contributed by atoms with E-state index in [9.17, 15) is 4.79 Å². The number of aromatic nitrogens is 1. The van der Waals surface area contributed by atoms with Crippen LogP contribution in [0.25, 0.3) is 0 Å². The van der Waals surface area contributed by atoms with Gasteiger partial charge in [-0.05, 0) is 55.9 Å². The number of hydrogen-bond acceptors (Lipinski definition) is 3. The van der Waals surface area contributed by atoms with E-state index in [1.807, 2.05) is 45.4 Å². The summed E-state index contributed by atoms with van der Waals surface area (Å²) in [5.74, 6) is 0. The summed E-state index contributed by atoms with van der Waals surface area (Å²) in [6.45, 7) is 3.11. The Morgan fingerprint density at radius 1 is 1.26 bits per heavy atom. The molecule has 1 heterocycles. The van der Waals surface area contributed by atoms with Crippen LogP contribution in [0.15, 0.2) is 41.3 Å². The predicted octanol–water partition coefficient (Wildman–Crippen LogP) is 3.11. The topological polar surface area (TPSA) is 34.5 Å². The van der Waals surface area contributed by atoms with Crippen molar-refractivity contribution in [2.75, 3.05) is 27.7 Å². The van der Waals surface area contributed by atoms with Gasteiger partial charge in [-0.15, -0.1) is 0 Å². The van der Waals surface area contributed by atoms with Crippen molar-refractivity contribution < 1.29 is 4.74 Å². The van der Waals surface area contributed by atoms with Crippen LogP contribution < -0.4 is 5.56 Å². The van der Waals surface area contributed by atoms with Gasteiger partial charge >= 0.3 is 0 Å². The van der Waals surface area contributed by atoms with Crippen molar-refractivity contribution in [1.29, 1.82) is 0 Å². The molecule has 0 aliphatic heterocycles. The molecule has 2 rings (SSSR count). The zero-order valence-corrected chi connectivity index (χ0v) is 14.8. The molecule has 0 amide bonds. The van der Waals surface area contributed by atoms with Gasteiger partial charge in [-0.3, -0.25) is 4.79 Å². The molecular weight excluding hydrogens is 312 g/mol. The van der Waals surface area contributed by atoms with Crippen LogP contribution in [0.4, 0.5) is 0 Å².